The van der Waals surface area contributed by atoms with Gasteiger partial charge in [-0.05, 0) is 24.6 Å². The normalized spacial score (nSPS) is 11.1. The molecular weight excluding hydrogens is 311 g/mol. The van der Waals surface area contributed by atoms with Gasteiger partial charge in [-0.15, -0.1) is 0 Å². The summed E-state index contributed by atoms with van der Waals surface area (Å²) in [6.07, 6.45) is 1.28. The molecule has 1 aromatic carbocycles. The monoisotopic (exact) mass is 330 g/mol. The minimum absolute atomic E-state index is 0.0000409. The number of halogens is 1. The minimum atomic E-state index is -3.12. The van der Waals surface area contributed by atoms with Gasteiger partial charge >= 0.3 is 0 Å². The van der Waals surface area contributed by atoms with Crippen LogP contribution in [0.25, 0.3) is 0 Å². The molecule has 6 nitrogen and oxygen atoms in total. The number of nitrogens with zero attached hydrogens (tertiary/aromatic N) is 1. The highest BCUT2D eigenvalue weighted by molar-refractivity contribution is 7.90. The van der Waals surface area contributed by atoms with E-state index >= 15 is 0 Å². The maximum atomic E-state index is 13.3. The molecule has 22 heavy (non-hydrogen) atoms. The Kier molecular flexibility index (Phi) is 6.04. The molecule has 0 aromatic heterocycles. The van der Waals surface area contributed by atoms with Crippen molar-refractivity contribution in [1.82, 2.24) is 4.90 Å². The molecule has 0 aliphatic rings. The van der Waals surface area contributed by atoms with Crippen molar-refractivity contribution in [2.75, 3.05) is 31.4 Å². The summed E-state index contributed by atoms with van der Waals surface area (Å²) in [6.45, 7) is 0. The van der Waals surface area contributed by atoms with Crippen molar-refractivity contribution < 1.29 is 22.4 Å². The third-order valence-corrected chi connectivity index (χ3v) is 3.84. The quantitative estimate of drug-likeness (QED) is 0.852. The number of anilines is 1. The number of rotatable bonds is 6. The van der Waals surface area contributed by atoms with Crippen molar-refractivity contribution in [2.45, 2.75) is 12.8 Å². The first-order valence-corrected chi connectivity index (χ1v) is 8.65. The molecule has 0 unspecified atom stereocenters. The van der Waals surface area contributed by atoms with Gasteiger partial charge in [0, 0.05) is 26.8 Å². The third-order valence-electron chi connectivity index (χ3n) is 2.81. The second kappa shape index (κ2) is 7.35. The standard InChI is InChI=1S/C14H19FN2O4S/c1-17(2)14(19)11-9-10(15)6-7-12(11)16-13(18)5-4-8-22(3,20)21/h6-7,9H,4-5,8H2,1-3H3,(H,16,18). The number of nitrogens with one attached hydrogen (secondary N) is 1. The largest absolute Gasteiger partial charge is 0.345 e. The Bertz CT molecular complexity index is 671. The van der Waals surface area contributed by atoms with E-state index in [9.17, 15) is 22.4 Å². The summed E-state index contributed by atoms with van der Waals surface area (Å²) < 4.78 is 35.3. The summed E-state index contributed by atoms with van der Waals surface area (Å²) in [7, 11) is -0.0839. The smallest absolute Gasteiger partial charge is 0.255 e. The van der Waals surface area contributed by atoms with Crippen LogP contribution in [0.3, 0.4) is 0 Å². The van der Waals surface area contributed by atoms with Gasteiger partial charge in [-0.25, -0.2) is 12.8 Å². The predicted molar refractivity (Wildman–Crippen MR) is 82.0 cm³/mol. The van der Waals surface area contributed by atoms with Gasteiger partial charge in [-0.2, -0.15) is 0 Å². The number of hydrogen-bond donors (Lipinski definition) is 1. The zero-order valence-corrected chi connectivity index (χ0v) is 13.5. The van der Waals surface area contributed by atoms with E-state index in [4.69, 9.17) is 0 Å². The van der Waals surface area contributed by atoms with Gasteiger partial charge in [-0.1, -0.05) is 0 Å². The van der Waals surface area contributed by atoms with Crippen LogP contribution >= 0.6 is 0 Å². The molecule has 0 bridgehead atoms. The fraction of sp³-hybridized carbons (Fsp3) is 0.429. The highest BCUT2D eigenvalue weighted by atomic mass is 32.2. The van der Waals surface area contributed by atoms with Crippen LogP contribution in [0.4, 0.5) is 10.1 Å². The van der Waals surface area contributed by atoms with Crippen molar-refractivity contribution >= 4 is 27.3 Å². The van der Waals surface area contributed by atoms with Crippen molar-refractivity contribution in [3.05, 3.63) is 29.6 Å². The Morgan fingerprint density at radius 2 is 1.91 bits per heavy atom. The van der Waals surface area contributed by atoms with E-state index < -0.39 is 27.5 Å². The third kappa shape index (κ3) is 5.80. The number of sulfone groups is 1. The summed E-state index contributed by atoms with van der Waals surface area (Å²) >= 11 is 0. The summed E-state index contributed by atoms with van der Waals surface area (Å²) in [4.78, 5) is 25.0. The Labute approximate surface area is 129 Å². The van der Waals surface area contributed by atoms with Crippen molar-refractivity contribution in [3.63, 3.8) is 0 Å². The van der Waals surface area contributed by atoms with E-state index in [0.717, 1.165) is 18.4 Å². The van der Waals surface area contributed by atoms with E-state index in [1.807, 2.05) is 0 Å². The van der Waals surface area contributed by atoms with Crippen LogP contribution in [-0.2, 0) is 14.6 Å². The zero-order chi connectivity index (χ0) is 16.9. The molecule has 1 rings (SSSR count). The Morgan fingerprint density at radius 3 is 2.45 bits per heavy atom. The maximum absolute atomic E-state index is 13.3. The number of hydrogen-bond acceptors (Lipinski definition) is 4. The van der Waals surface area contributed by atoms with Crippen molar-refractivity contribution in [2.24, 2.45) is 0 Å². The van der Waals surface area contributed by atoms with E-state index in [1.165, 1.54) is 25.1 Å². The second-order valence-corrected chi connectivity index (χ2v) is 7.43. The summed E-state index contributed by atoms with van der Waals surface area (Å²) in [6, 6.07) is 3.49. The molecule has 0 saturated carbocycles. The van der Waals surface area contributed by atoms with Gasteiger partial charge in [0.25, 0.3) is 5.91 Å². The lowest BCUT2D eigenvalue weighted by molar-refractivity contribution is -0.116. The molecule has 1 aromatic rings. The SMILES string of the molecule is CN(C)C(=O)c1cc(F)ccc1NC(=O)CCCS(C)(=O)=O. The first-order valence-electron chi connectivity index (χ1n) is 6.59. The topological polar surface area (TPSA) is 83.6 Å². The number of carbonyl (C=O) groups excluding carboxylic acids is 2. The highest BCUT2D eigenvalue weighted by Crippen LogP contribution is 2.19. The fourth-order valence-corrected chi connectivity index (χ4v) is 2.42. The molecule has 8 heteroatoms. The number of benzene rings is 1. The molecule has 122 valence electrons. The van der Waals surface area contributed by atoms with Crippen LogP contribution in [0.1, 0.15) is 23.2 Å². The maximum Gasteiger partial charge on any atom is 0.255 e. The van der Waals surface area contributed by atoms with Gasteiger partial charge in [0.2, 0.25) is 5.91 Å². The molecule has 0 saturated heterocycles. The molecule has 0 aliphatic heterocycles. The van der Waals surface area contributed by atoms with Crippen LogP contribution in [-0.4, -0.2) is 51.2 Å². The van der Waals surface area contributed by atoms with Crippen LogP contribution in [0, 0.1) is 5.82 Å². The summed E-state index contributed by atoms with van der Waals surface area (Å²) in [5.41, 5.74) is 0.242. The second-order valence-electron chi connectivity index (χ2n) is 5.17. The highest BCUT2D eigenvalue weighted by Gasteiger charge is 2.16. The molecule has 2 amide bonds. The van der Waals surface area contributed by atoms with Gasteiger partial charge in [-0.3, -0.25) is 9.59 Å². The first-order chi connectivity index (χ1) is 10.1. The lowest BCUT2D eigenvalue weighted by atomic mass is 10.1. The summed E-state index contributed by atoms with van der Waals surface area (Å²) in [5.74, 6) is -1.54. The van der Waals surface area contributed by atoms with Gasteiger partial charge in [0.15, 0.2) is 0 Å². The van der Waals surface area contributed by atoms with E-state index in [0.29, 0.717) is 0 Å². The number of carbonyl (C=O) groups is 2. The molecule has 0 atom stereocenters. The fourth-order valence-electron chi connectivity index (χ4n) is 1.75. The van der Waals surface area contributed by atoms with Crippen LogP contribution in [0.5, 0.6) is 0 Å². The van der Waals surface area contributed by atoms with Crippen molar-refractivity contribution in [1.29, 1.82) is 0 Å². The molecule has 0 heterocycles. The average Bonchev–Trinajstić information content (AvgIpc) is 2.38. The zero-order valence-electron chi connectivity index (χ0n) is 12.7. The molecular formula is C14H19FN2O4S. The van der Waals surface area contributed by atoms with Crippen LogP contribution < -0.4 is 5.32 Å². The Hall–Kier alpha value is -1.96. The average molecular weight is 330 g/mol. The molecule has 1 N–H and O–H groups in total. The molecule has 0 radical (unpaired) electrons. The molecule has 0 fully saturated rings. The Morgan fingerprint density at radius 1 is 1.27 bits per heavy atom. The lowest BCUT2D eigenvalue weighted by Gasteiger charge is -2.15. The summed E-state index contributed by atoms with van der Waals surface area (Å²) in [5, 5.41) is 2.51. The van der Waals surface area contributed by atoms with Gasteiger partial charge in [0.05, 0.1) is 17.0 Å². The van der Waals surface area contributed by atoms with E-state index in [2.05, 4.69) is 5.32 Å². The van der Waals surface area contributed by atoms with Gasteiger partial charge < -0.3 is 10.2 Å². The Balaban J connectivity index is 2.80. The molecule has 0 aliphatic carbocycles. The molecule has 0 spiro atoms. The predicted octanol–water partition coefficient (Wildman–Crippen LogP) is 1.29. The number of amides is 2. The first kappa shape index (κ1) is 18.1. The van der Waals surface area contributed by atoms with E-state index in [1.54, 1.807) is 0 Å². The van der Waals surface area contributed by atoms with Gasteiger partial charge in [0.1, 0.15) is 15.7 Å². The van der Waals surface area contributed by atoms with E-state index in [-0.39, 0.29) is 29.8 Å². The van der Waals surface area contributed by atoms with Crippen LogP contribution in [0.2, 0.25) is 0 Å². The lowest BCUT2D eigenvalue weighted by Crippen LogP contribution is -2.24. The van der Waals surface area contributed by atoms with Crippen molar-refractivity contribution in [3.8, 4) is 0 Å². The van der Waals surface area contributed by atoms with Crippen LogP contribution in [0.15, 0.2) is 18.2 Å². The minimum Gasteiger partial charge on any atom is -0.345 e.